The van der Waals surface area contributed by atoms with Gasteiger partial charge in [-0.1, -0.05) is 0 Å². The third-order valence-electron chi connectivity index (χ3n) is 0. The zero-order valence-electron chi connectivity index (χ0n) is 5.50. The molecule has 0 heterocycles. The van der Waals surface area contributed by atoms with Crippen molar-refractivity contribution >= 4 is 10.4 Å². The van der Waals surface area contributed by atoms with E-state index in [0.717, 1.165) is 0 Å². The maximum absolute atomic E-state index is 8.74. The zero-order chi connectivity index (χ0) is 4.50. The largest absolute Gasteiger partial charge is 1.00 e. The minimum atomic E-state index is -4.67. The summed E-state index contributed by atoms with van der Waals surface area (Å²) in [5.41, 5.74) is 0. The van der Waals surface area contributed by atoms with Crippen molar-refractivity contribution in [3.8, 4) is 0 Å². The number of hydrogen-bond acceptors (Lipinski definition) is 2. The maximum Gasteiger partial charge on any atom is 1.00 e. The van der Waals surface area contributed by atoms with E-state index in [9.17, 15) is 0 Å². The normalized spacial score (nSPS) is 7.25. The predicted octanol–water partition coefficient (Wildman–Crippen LogP) is -9.53. The number of rotatable bonds is 0. The van der Waals surface area contributed by atoms with Gasteiger partial charge >= 0.3 is 48.1 Å². The maximum atomic E-state index is 8.74. The van der Waals surface area contributed by atoms with E-state index in [1.807, 2.05) is 0 Å². The first kappa shape index (κ1) is 22.6. The molecule has 0 radical (unpaired) electrons. The molecular weight excluding hydrogens is 237 g/mol. The van der Waals surface area contributed by atoms with E-state index in [1.54, 1.807) is 0 Å². The molecule has 4 nitrogen and oxygen atoms in total. The van der Waals surface area contributed by atoms with Crippen molar-refractivity contribution < 1.29 is 80.6 Å². The van der Waals surface area contributed by atoms with Gasteiger partial charge in [-0.3, -0.25) is 9.11 Å². The minimum Gasteiger partial charge on any atom is -1.00 e. The van der Waals surface area contributed by atoms with Gasteiger partial charge in [0.1, 0.15) is 0 Å². The van der Waals surface area contributed by atoms with E-state index < -0.39 is 10.4 Å². The predicted molar refractivity (Wildman–Crippen MR) is 15.3 cm³/mol. The van der Waals surface area contributed by atoms with Crippen molar-refractivity contribution in [1.82, 2.24) is 0 Å². The molecule has 0 aliphatic carbocycles. The Morgan fingerprint density at radius 1 is 1.12 bits per heavy atom. The summed E-state index contributed by atoms with van der Waals surface area (Å²) in [5.74, 6) is 0. The molecule has 0 unspecified atom stereocenters. The SMILES string of the molecule is O=S(=O)(O)O.[H-].[I-].[Li+].[Li+]. The van der Waals surface area contributed by atoms with E-state index in [2.05, 4.69) is 0 Å². The summed E-state index contributed by atoms with van der Waals surface area (Å²) in [6.07, 6.45) is 0. The summed E-state index contributed by atoms with van der Waals surface area (Å²) in [6.45, 7) is 0. The van der Waals surface area contributed by atoms with Crippen molar-refractivity contribution in [2.75, 3.05) is 0 Å². The molecule has 8 heteroatoms. The van der Waals surface area contributed by atoms with Gasteiger partial charge in [-0.25, -0.2) is 0 Å². The molecule has 0 aliphatic rings. The molecule has 0 aromatic carbocycles. The molecule has 2 N–H and O–H groups in total. The smallest absolute Gasteiger partial charge is 1.00 e. The van der Waals surface area contributed by atoms with Gasteiger partial charge < -0.3 is 25.4 Å². The third kappa shape index (κ3) is 112. The van der Waals surface area contributed by atoms with Crippen LogP contribution in [0.25, 0.3) is 0 Å². The Balaban J connectivity index is -0.0000000133. The van der Waals surface area contributed by atoms with Crippen molar-refractivity contribution in [2.24, 2.45) is 0 Å². The van der Waals surface area contributed by atoms with Crippen LogP contribution in [0.2, 0.25) is 0 Å². The fourth-order valence-electron chi connectivity index (χ4n) is 0. The van der Waals surface area contributed by atoms with E-state index >= 15 is 0 Å². The van der Waals surface area contributed by atoms with Gasteiger partial charge in [-0.05, 0) is 0 Å². The molecule has 0 aromatic heterocycles. The van der Waals surface area contributed by atoms with E-state index in [0.29, 0.717) is 0 Å². The summed E-state index contributed by atoms with van der Waals surface area (Å²) < 4.78 is 31.6. The van der Waals surface area contributed by atoms with Gasteiger partial charge in [0.05, 0.1) is 0 Å². The van der Waals surface area contributed by atoms with Crippen LogP contribution in [0, 0.1) is 0 Å². The molecule has 0 saturated heterocycles. The van der Waals surface area contributed by atoms with Crippen LogP contribution in [0.4, 0.5) is 0 Å². The van der Waals surface area contributed by atoms with Gasteiger partial charge in [0, 0.05) is 0 Å². The molecule has 0 fully saturated rings. The Hall–Kier alpha value is 1.79. The Kier molecular flexibility index (Phi) is 24.8. The Morgan fingerprint density at radius 2 is 1.12 bits per heavy atom. The van der Waals surface area contributed by atoms with Crippen LogP contribution in [0.3, 0.4) is 0 Å². The van der Waals surface area contributed by atoms with Crippen LogP contribution in [-0.2, 0) is 10.4 Å². The van der Waals surface area contributed by atoms with Crippen molar-refractivity contribution in [1.29, 1.82) is 0 Å². The molecule has 42 valence electrons. The van der Waals surface area contributed by atoms with Gasteiger partial charge in [0.2, 0.25) is 0 Å². The van der Waals surface area contributed by atoms with Gasteiger partial charge in [0.25, 0.3) is 0 Å². The Morgan fingerprint density at radius 3 is 1.12 bits per heavy atom. The molecule has 0 rings (SSSR count). The number of halogens is 1. The van der Waals surface area contributed by atoms with Crippen LogP contribution in [-0.4, -0.2) is 17.5 Å². The second-order valence-electron chi connectivity index (χ2n) is 0.448. The first-order chi connectivity index (χ1) is 2.00. The Labute approximate surface area is 90.2 Å². The van der Waals surface area contributed by atoms with Crippen molar-refractivity contribution in [3.63, 3.8) is 0 Å². The summed E-state index contributed by atoms with van der Waals surface area (Å²) in [6, 6.07) is 0. The van der Waals surface area contributed by atoms with Gasteiger partial charge in [0.15, 0.2) is 0 Å². The van der Waals surface area contributed by atoms with Gasteiger partial charge in [-0.15, -0.1) is 0 Å². The minimum absolute atomic E-state index is 0. The summed E-state index contributed by atoms with van der Waals surface area (Å²) in [5, 5.41) is 0. The fraction of sp³-hybridized carbons (Fsp3) is 0. The molecule has 0 aliphatic heterocycles. The van der Waals surface area contributed by atoms with Crippen LogP contribution in [0.5, 0.6) is 0 Å². The molecule has 0 bridgehead atoms. The second-order valence-corrected chi connectivity index (χ2v) is 1.34. The third-order valence-corrected chi connectivity index (χ3v) is 0. The van der Waals surface area contributed by atoms with E-state index in [-0.39, 0.29) is 63.1 Å². The molecule has 0 amide bonds. The molecule has 0 saturated carbocycles. The summed E-state index contributed by atoms with van der Waals surface area (Å²) in [7, 11) is -4.67. The van der Waals surface area contributed by atoms with E-state index in [4.69, 9.17) is 17.5 Å². The first-order valence-corrected chi connectivity index (χ1v) is 2.10. The summed E-state index contributed by atoms with van der Waals surface area (Å²) >= 11 is 0. The van der Waals surface area contributed by atoms with Crippen molar-refractivity contribution in [3.05, 3.63) is 0 Å². The second kappa shape index (κ2) is 8.79. The van der Waals surface area contributed by atoms with Crippen LogP contribution in [0.15, 0.2) is 0 Å². The van der Waals surface area contributed by atoms with Crippen LogP contribution < -0.4 is 61.7 Å². The van der Waals surface area contributed by atoms with Crippen LogP contribution >= 0.6 is 0 Å². The average molecular weight is 240 g/mol. The molecule has 0 atom stereocenters. The first-order valence-electron chi connectivity index (χ1n) is 0.698. The van der Waals surface area contributed by atoms with E-state index in [1.165, 1.54) is 0 Å². The zero-order valence-corrected chi connectivity index (χ0v) is 7.47. The molecular formula is H3ILi2O4S. The number of hydrogen-bond donors (Lipinski definition) is 2. The fourth-order valence-corrected chi connectivity index (χ4v) is 0. The monoisotopic (exact) mass is 240 g/mol. The standard InChI is InChI=1S/HI.2Li.H2O4S.H/c;;;1-5(2,3)4;/h1H;;;(H2,1,2,3,4);/q;2*+1;;-1/p-1. The van der Waals surface area contributed by atoms with Gasteiger partial charge in [-0.2, -0.15) is 8.42 Å². The summed E-state index contributed by atoms with van der Waals surface area (Å²) in [4.78, 5) is 0. The van der Waals surface area contributed by atoms with Crippen LogP contribution in [0.1, 0.15) is 1.43 Å². The average Bonchev–Trinajstić information content (AvgIpc) is 0.722. The molecule has 0 aromatic rings. The molecule has 0 spiro atoms. The Bertz CT molecular complexity index is 102. The quantitative estimate of drug-likeness (QED) is 0.250. The van der Waals surface area contributed by atoms with Crippen molar-refractivity contribution in [2.45, 2.75) is 0 Å². The topological polar surface area (TPSA) is 74.6 Å². The molecule has 8 heavy (non-hydrogen) atoms.